The summed E-state index contributed by atoms with van der Waals surface area (Å²) in [7, 11) is 0. The van der Waals surface area contributed by atoms with E-state index in [9.17, 15) is 0 Å². The number of nitrogens with zero attached hydrogens (tertiary/aromatic N) is 3. The Morgan fingerprint density at radius 2 is 1.70 bits per heavy atom. The third kappa shape index (κ3) is 5.27. The van der Waals surface area contributed by atoms with Gasteiger partial charge in [-0.1, -0.05) is 0 Å². The van der Waals surface area contributed by atoms with Crippen molar-refractivity contribution in [3.05, 3.63) is 30.1 Å². The van der Waals surface area contributed by atoms with Crippen LogP contribution in [0.2, 0.25) is 0 Å². The molecule has 0 radical (unpaired) electrons. The van der Waals surface area contributed by atoms with Crippen molar-refractivity contribution in [1.29, 1.82) is 0 Å². The van der Waals surface area contributed by atoms with E-state index in [1.54, 1.807) is 0 Å². The molecule has 0 aromatic carbocycles. The molecule has 0 spiro atoms. The maximum Gasteiger partial charge on any atom is 0.0678 e. The summed E-state index contributed by atoms with van der Waals surface area (Å²) >= 11 is 0. The van der Waals surface area contributed by atoms with Gasteiger partial charge in [0.05, 0.1) is 12.2 Å². The zero-order chi connectivity index (χ0) is 16.1. The Morgan fingerprint density at radius 3 is 2.35 bits per heavy atom. The van der Waals surface area contributed by atoms with Crippen LogP contribution < -0.4 is 0 Å². The molecular weight excluding hydrogens is 286 g/mol. The van der Waals surface area contributed by atoms with Gasteiger partial charge in [0.15, 0.2) is 0 Å². The number of pyridine rings is 1. The van der Waals surface area contributed by atoms with Crippen LogP contribution in [0, 0.1) is 5.92 Å². The van der Waals surface area contributed by atoms with E-state index in [1.165, 1.54) is 44.6 Å². The summed E-state index contributed by atoms with van der Waals surface area (Å²) in [5, 5.41) is 0. The van der Waals surface area contributed by atoms with Gasteiger partial charge in [0.2, 0.25) is 0 Å². The fourth-order valence-electron chi connectivity index (χ4n) is 4.03. The van der Waals surface area contributed by atoms with Gasteiger partial charge >= 0.3 is 0 Å². The van der Waals surface area contributed by atoms with Crippen molar-refractivity contribution in [3.8, 4) is 0 Å². The summed E-state index contributed by atoms with van der Waals surface area (Å²) in [6.07, 6.45) is 8.40. The van der Waals surface area contributed by atoms with E-state index in [0.717, 1.165) is 25.4 Å². The molecule has 2 aliphatic heterocycles. The second-order valence-electron chi connectivity index (χ2n) is 7.37. The van der Waals surface area contributed by atoms with E-state index in [0.29, 0.717) is 12.2 Å². The molecule has 2 aliphatic rings. The maximum atomic E-state index is 5.84. The van der Waals surface area contributed by atoms with Gasteiger partial charge in [0, 0.05) is 38.6 Å². The van der Waals surface area contributed by atoms with E-state index in [1.807, 2.05) is 12.4 Å². The van der Waals surface area contributed by atoms with Crippen molar-refractivity contribution in [2.75, 3.05) is 39.3 Å². The van der Waals surface area contributed by atoms with Gasteiger partial charge in [-0.3, -0.25) is 9.88 Å². The minimum atomic E-state index is 0.388. The first-order valence-electron chi connectivity index (χ1n) is 9.18. The van der Waals surface area contributed by atoms with Crippen molar-refractivity contribution >= 4 is 0 Å². The molecule has 4 heteroatoms. The van der Waals surface area contributed by atoms with Gasteiger partial charge in [-0.15, -0.1) is 0 Å². The summed E-state index contributed by atoms with van der Waals surface area (Å²) in [5.41, 5.74) is 1.40. The Kier molecular flexibility index (Phi) is 6.03. The second-order valence-corrected chi connectivity index (χ2v) is 7.37. The Morgan fingerprint density at radius 1 is 1.04 bits per heavy atom. The summed E-state index contributed by atoms with van der Waals surface area (Å²) in [5.74, 6) is 0.865. The maximum absolute atomic E-state index is 5.84. The van der Waals surface area contributed by atoms with Crippen molar-refractivity contribution in [2.45, 2.75) is 45.3 Å². The second kappa shape index (κ2) is 8.22. The van der Waals surface area contributed by atoms with Gasteiger partial charge in [0.1, 0.15) is 0 Å². The minimum Gasteiger partial charge on any atom is -0.373 e. The van der Waals surface area contributed by atoms with Crippen LogP contribution in [0.1, 0.15) is 32.3 Å². The molecule has 2 unspecified atom stereocenters. The first-order chi connectivity index (χ1) is 11.2. The molecule has 23 heavy (non-hydrogen) atoms. The van der Waals surface area contributed by atoms with Crippen molar-refractivity contribution < 1.29 is 4.74 Å². The lowest BCUT2D eigenvalue weighted by molar-refractivity contribution is -0.0731. The number of hydrogen-bond donors (Lipinski definition) is 0. The standard InChI is InChI=1S/C19H31N3O/c1-16-13-22(14-17(2)23-16)15-19-6-11-21(12-7-19)10-5-18-3-8-20-9-4-18/h3-4,8-9,16-17,19H,5-7,10-15H2,1-2H3. The predicted octanol–water partition coefficient (Wildman–Crippen LogP) is 2.45. The molecule has 4 nitrogen and oxygen atoms in total. The molecule has 2 saturated heterocycles. The Balaban J connectivity index is 1.37. The molecule has 0 N–H and O–H groups in total. The Labute approximate surface area is 140 Å². The van der Waals surface area contributed by atoms with Crippen LogP contribution in [0.5, 0.6) is 0 Å². The quantitative estimate of drug-likeness (QED) is 0.834. The molecule has 3 rings (SSSR count). The lowest BCUT2D eigenvalue weighted by Crippen LogP contribution is -2.48. The molecule has 128 valence electrons. The predicted molar refractivity (Wildman–Crippen MR) is 93.6 cm³/mol. The molecule has 0 amide bonds. The highest BCUT2D eigenvalue weighted by molar-refractivity contribution is 5.09. The summed E-state index contributed by atoms with van der Waals surface area (Å²) in [4.78, 5) is 9.34. The minimum absolute atomic E-state index is 0.388. The molecule has 0 bridgehead atoms. The summed E-state index contributed by atoms with van der Waals surface area (Å²) < 4.78 is 5.84. The SMILES string of the molecule is CC1CN(CC2CCN(CCc3ccncc3)CC2)CC(C)O1. The first-order valence-corrected chi connectivity index (χ1v) is 9.18. The molecule has 0 aliphatic carbocycles. The third-order valence-corrected chi connectivity index (χ3v) is 5.18. The molecule has 1 aromatic rings. The fraction of sp³-hybridized carbons (Fsp3) is 0.737. The zero-order valence-corrected chi connectivity index (χ0v) is 14.7. The van der Waals surface area contributed by atoms with Gasteiger partial charge < -0.3 is 9.64 Å². The number of rotatable bonds is 5. The van der Waals surface area contributed by atoms with E-state index >= 15 is 0 Å². The van der Waals surface area contributed by atoms with Crippen LogP contribution in [0.3, 0.4) is 0 Å². The number of hydrogen-bond acceptors (Lipinski definition) is 4. The highest BCUT2D eigenvalue weighted by Crippen LogP contribution is 2.21. The van der Waals surface area contributed by atoms with E-state index in [4.69, 9.17) is 4.74 Å². The van der Waals surface area contributed by atoms with Crippen LogP contribution in [-0.2, 0) is 11.2 Å². The molecule has 3 heterocycles. The number of ether oxygens (including phenoxy) is 1. The average molecular weight is 317 g/mol. The van der Waals surface area contributed by atoms with Crippen molar-refractivity contribution in [3.63, 3.8) is 0 Å². The van der Waals surface area contributed by atoms with Gasteiger partial charge in [-0.05, 0) is 69.8 Å². The Bertz CT molecular complexity index is 449. The number of likely N-dealkylation sites (tertiary alicyclic amines) is 1. The fourth-order valence-corrected chi connectivity index (χ4v) is 4.03. The highest BCUT2D eigenvalue weighted by atomic mass is 16.5. The molecular formula is C19H31N3O. The molecule has 2 atom stereocenters. The summed E-state index contributed by atoms with van der Waals surface area (Å²) in [6.45, 7) is 11.6. The van der Waals surface area contributed by atoms with Gasteiger partial charge in [-0.2, -0.15) is 0 Å². The van der Waals surface area contributed by atoms with E-state index in [2.05, 4.69) is 40.8 Å². The van der Waals surface area contributed by atoms with E-state index < -0.39 is 0 Å². The number of morpholine rings is 1. The van der Waals surface area contributed by atoms with Crippen LogP contribution >= 0.6 is 0 Å². The van der Waals surface area contributed by atoms with Gasteiger partial charge in [-0.25, -0.2) is 0 Å². The zero-order valence-electron chi connectivity index (χ0n) is 14.7. The Hall–Kier alpha value is -0.970. The molecule has 0 saturated carbocycles. The monoisotopic (exact) mass is 317 g/mol. The topological polar surface area (TPSA) is 28.6 Å². The first kappa shape index (κ1) is 16.9. The van der Waals surface area contributed by atoms with Crippen molar-refractivity contribution in [2.24, 2.45) is 5.92 Å². The lowest BCUT2D eigenvalue weighted by Gasteiger charge is -2.39. The largest absolute Gasteiger partial charge is 0.373 e. The summed E-state index contributed by atoms with van der Waals surface area (Å²) in [6, 6.07) is 4.26. The van der Waals surface area contributed by atoms with Crippen LogP contribution in [0.25, 0.3) is 0 Å². The lowest BCUT2D eigenvalue weighted by atomic mass is 9.95. The van der Waals surface area contributed by atoms with Crippen LogP contribution in [0.15, 0.2) is 24.5 Å². The molecule has 2 fully saturated rings. The average Bonchev–Trinajstić information content (AvgIpc) is 2.54. The van der Waals surface area contributed by atoms with Crippen LogP contribution in [-0.4, -0.2) is 66.3 Å². The molecule has 1 aromatic heterocycles. The normalized spacial score (nSPS) is 28.1. The highest BCUT2D eigenvalue weighted by Gasteiger charge is 2.26. The van der Waals surface area contributed by atoms with Crippen LogP contribution in [0.4, 0.5) is 0 Å². The number of aromatic nitrogens is 1. The van der Waals surface area contributed by atoms with Crippen molar-refractivity contribution in [1.82, 2.24) is 14.8 Å². The number of piperidine rings is 1. The third-order valence-electron chi connectivity index (χ3n) is 5.18. The van der Waals surface area contributed by atoms with E-state index in [-0.39, 0.29) is 0 Å². The smallest absolute Gasteiger partial charge is 0.0678 e. The van der Waals surface area contributed by atoms with Gasteiger partial charge in [0.25, 0.3) is 0 Å².